The number of anilines is 1. The van der Waals surface area contributed by atoms with Crippen LogP contribution < -0.4 is 10.6 Å². The van der Waals surface area contributed by atoms with E-state index < -0.39 is 5.91 Å². The minimum Gasteiger partial charge on any atom is -0.361 e. The quantitative estimate of drug-likeness (QED) is 0.265. The second-order valence-electron chi connectivity index (χ2n) is 7.10. The molecule has 7 heteroatoms. The molecule has 4 rings (SSSR count). The van der Waals surface area contributed by atoms with Crippen molar-refractivity contribution in [2.75, 3.05) is 11.1 Å². The molecule has 1 heterocycles. The maximum absolute atomic E-state index is 13.2. The number of fused-ring (bicyclic) bond motifs is 1. The molecule has 0 unspecified atom stereocenters. The van der Waals surface area contributed by atoms with Gasteiger partial charge in [0.1, 0.15) is 5.70 Å². The van der Waals surface area contributed by atoms with Crippen molar-refractivity contribution in [1.29, 1.82) is 5.26 Å². The van der Waals surface area contributed by atoms with E-state index in [1.54, 1.807) is 54.7 Å². The molecule has 3 aromatic carbocycles. The summed E-state index contributed by atoms with van der Waals surface area (Å²) in [5.41, 5.74) is 2.85. The summed E-state index contributed by atoms with van der Waals surface area (Å²) >= 11 is 1.38. The lowest BCUT2D eigenvalue weighted by Gasteiger charge is -2.12. The van der Waals surface area contributed by atoms with E-state index in [4.69, 9.17) is 5.26 Å². The van der Waals surface area contributed by atoms with Crippen LogP contribution in [-0.4, -0.2) is 22.6 Å². The van der Waals surface area contributed by atoms with Crippen molar-refractivity contribution in [3.63, 3.8) is 0 Å². The second kappa shape index (κ2) is 10.4. The van der Waals surface area contributed by atoms with Gasteiger partial charge >= 0.3 is 0 Å². The van der Waals surface area contributed by atoms with Gasteiger partial charge in [0.25, 0.3) is 11.8 Å². The van der Waals surface area contributed by atoms with Gasteiger partial charge in [-0.15, -0.1) is 11.8 Å². The van der Waals surface area contributed by atoms with Gasteiger partial charge in [0, 0.05) is 38.8 Å². The van der Waals surface area contributed by atoms with Gasteiger partial charge in [-0.05, 0) is 42.5 Å². The van der Waals surface area contributed by atoms with E-state index in [9.17, 15) is 9.59 Å². The number of aromatic amines is 1. The summed E-state index contributed by atoms with van der Waals surface area (Å²) in [6.45, 7) is 0. The lowest BCUT2D eigenvalue weighted by atomic mass is 10.1. The molecule has 0 aliphatic rings. The Morgan fingerprint density at radius 2 is 1.79 bits per heavy atom. The summed E-state index contributed by atoms with van der Waals surface area (Å²) in [6, 6.07) is 25.8. The van der Waals surface area contributed by atoms with Crippen LogP contribution in [0.3, 0.4) is 0 Å². The highest BCUT2D eigenvalue weighted by atomic mass is 32.2. The predicted octanol–water partition coefficient (Wildman–Crippen LogP) is 5.19. The zero-order valence-corrected chi connectivity index (χ0v) is 18.4. The monoisotopic (exact) mass is 452 g/mol. The van der Waals surface area contributed by atoms with E-state index in [0.717, 1.165) is 21.4 Å². The number of para-hydroxylation sites is 1. The first-order valence-corrected chi connectivity index (χ1v) is 11.2. The third-order valence-electron chi connectivity index (χ3n) is 4.85. The zero-order chi connectivity index (χ0) is 23.0. The molecule has 1 aromatic heterocycles. The molecule has 0 aliphatic carbocycles. The second-order valence-corrected chi connectivity index (χ2v) is 8.15. The van der Waals surface area contributed by atoms with Gasteiger partial charge in [-0.25, -0.2) is 0 Å². The number of nitrogens with one attached hydrogen (secondary N) is 3. The summed E-state index contributed by atoms with van der Waals surface area (Å²) < 4.78 is 0. The third-order valence-corrected chi connectivity index (χ3v) is 5.71. The van der Waals surface area contributed by atoms with Gasteiger partial charge in [0.2, 0.25) is 0 Å². The van der Waals surface area contributed by atoms with Crippen LogP contribution in [0, 0.1) is 11.3 Å². The zero-order valence-electron chi connectivity index (χ0n) is 17.5. The Bertz CT molecular complexity index is 1370. The number of carbonyl (C=O) groups is 2. The fourth-order valence-electron chi connectivity index (χ4n) is 3.29. The summed E-state index contributed by atoms with van der Waals surface area (Å²) in [5, 5.41) is 15.3. The third kappa shape index (κ3) is 5.50. The lowest BCUT2D eigenvalue weighted by Crippen LogP contribution is -2.30. The summed E-state index contributed by atoms with van der Waals surface area (Å²) in [6.07, 6.45) is 3.45. The van der Waals surface area contributed by atoms with Crippen LogP contribution in [0.2, 0.25) is 0 Å². The molecule has 0 bridgehead atoms. The van der Waals surface area contributed by atoms with Crippen molar-refractivity contribution >= 4 is 46.2 Å². The Balaban J connectivity index is 1.64. The topological polar surface area (TPSA) is 97.8 Å². The molecule has 0 atom stereocenters. The van der Waals surface area contributed by atoms with Crippen LogP contribution in [0.1, 0.15) is 15.9 Å². The number of rotatable bonds is 7. The Hall–Kier alpha value is -4.28. The largest absolute Gasteiger partial charge is 0.361 e. The highest BCUT2D eigenvalue weighted by Crippen LogP contribution is 2.23. The Morgan fingerprint density at radius 3 is 2.61 bits per heavy atom. The van der Waals surface area contributed by atoms with Crippen LogP contribution in [-0.2, 0) is 4.79 Å². The van der Waals surface area contributed by atoms with Gasteiger partial charge in [-0.3, -0.25) is 9.59 Å². The minimum atomic E-state index is -0.452. The average molecular weight is 453 g/mol. The smallest absolute Gasteiger partial charge is 0.272 e. The van der Waals surface area contributed by atoms with Crippen molar-refractivity contribution < 1.29 is 9.59 Å². The fourth-order valence-corrected chi connectivity index (χ4v) is 3.91. The first-order chi connectivity index (χ1) is 16.1. The molecule has 0 aliphatic heterocycles. The van der Waals surface area contributed by atoms with Crippen molar-refractivity contribution in [1.82, 2.24) is 10.3 Å². The van der Waals surface area contributed by atoms with Gasteiger partial charge < -0.3 is 15.6 Å². The number of thioether (sulfide) groups is 1. The first-order valence-electron chi connectivity index (χ1n) is 10.2. The summed E-state index contributed by atoms with van der Waals surface area (Å²) in [4.78, 5) is 30.0. The molecule has 0 saturated heterocycles. The number of nitriles is 1. The number of carbonyl (C=O) groups excluding carboxylic acids is 2. The maximum atomic E-state index is 13.2. The molecule has 6 nitrogen and oxygen atoms in total. The van der Waals surface area contributed by atoms with Crippen LogP contribution >= 0.6 is 11.8 Å². The molecule has 2 amide bonds. The lowest BCUT2D eigenvalue weighted by molar-refractivity contribution is -0.113. The standard InChI is InChI=1S/C26H20N4O2S/c27-13-14-33-21-10-6-9-20(16-21)29-26(32)24(30-25(31)18-7-2-1-3-8-18)15-19-17-28-23-12-5-4-11-22(19)23/h1-12,15-17,28H,14H2,(H,29,32)(H,30,31)/b24-15+. The highest BCUT2D eigenvalue weighted by molar-refractivity contribution is 7.99. The number of hydrogen-bond acceptors (Lipinski definition) is 4. The molecule has 0 saturated carbocycles. The Morgan fingerprint density at radius 1 is 1.00 bits per heavy atom. The van der Waals surface area contributed by atoms with E-state index in [0.29, 0.717) is 17.0 Å². The molecule has 4 aromatic rings. The SMILES string of the molecule is N#CCSc1cccc(NC(=O)/C(=C\c2c[nH]c3ccccc23)NC(=O)c2ccccc2)c1. The Labute approximate surface area is 195 Å². The predicted molar refractivity (Wildman–Crippen MR) is 132 cm³/mol. The Kier molecular flexibility index (Phi) is 6.88. The highest BCUT2D eigenvalue weighted by Gasteiger charge is 2.16. The molecule has 33 heavy (non-hydrogen) atoms. The number of benzene rings is 3. The van der Waals surface area contributed by atoms with Crippen molar-refractivity contribution in [3.05, 3.63) is 102 Å². The van der Waals surface area contributed by atoms with Crippen LogP contribution in [0.4, 0.5) is 5.69 Å². The average Bonchev–Trinajstić information content (AvgIpc) is 3.26. The van der Waals surface area contributed by atoms with Crippen LogP contribution in [0.15, 0.2) is 95.7 Å². The molecule has 0 spiro atoms. The normalized spacial score (nSPS) is 11.1. The number of amides is 2. The summed E-state index contributed by atoms with van der Waals surface area (Å²) in [5.74, 6) is -0.516. The maximum Gasteiger partial charge on any atom is 0.272 e. The van der Waals surface area contributed by atoms with Crippen molar-refractivity contribution in [3.8, 4) is 6.07 Å². The minimum absolute atomic E-state index is 0.115. The number of aromatic nitrogens is 1. The molecule has 3 N–H and O–H groups in total. The van der Waals surface area contributed by atoms with Gasteiger partial charge in [0.05, 0.1) is 11.8 Å². The van der Waals surface area contributed by atoms with Crippen molar-refractivity contribution in [2.45, 2.75) is 4.90 Å². The van der Waals surface area contributed by atoms with Gasteiger partial charge in [-0.1, -0.05) is 42.5 Å². The number of hydrogen-bond donors (Lipinski definition) is 3. The van der Waals surface area contributed by atoms with Crippen LogP contribution in [0.5, 0.6) is 0 Å². The van der Waals surface area contributed by atoms with Gasteiger partial charge in [-0.2, -0.15) is 5.26 Å². The molecule has 162 valence electrons. The fraction of sp³-hybridized carbons (Fsp3) is 0.0385. The molecular formula is C26H20N4O2S. The summed E-state index contributed by atoms with van der Waals surface area (Å²) in [7, 11) is 0. The first kappa shape index (κ1) is 21.9. The molecular weight excluding hydrogens is 432 g/mol. The molecule has 0 radical (unpaired) electrons. The van der Waals surface area contributed by atoms with Crippen molar-refractivity contribution in [2.24, 2.45) is 0 Å². The van der Waals surface area contributed by atoms with Crippen LogP contribution in [0.25, 0.3) is 17.0 Å². The number of H-pyrrole nitrogens is 1. The van der Waals surface area contributed by atoms with E-state index >= 15 is 0 Å². The van der Waals surface area contributed by atoms with E-state index in [1.807, 2.05) is 36.4 Å². The van der Waals surface area contributed by atoms with E-state index in [1.165, 1.54) is 11.8 Å². The van der Waals surface area contributed by atoms with E-state index in [2.05, 4.69) is 21.7 Å². The number of nitrogens with zero attached hydrogens (tertiary/aromatic N) is 1. The molecule has 0 fully saturated rings. The van der Waals surface area contributed by atoms with E-state index in [-0.39, 0.29) is 11.6 Å². The van der Waals surface area contributed by atoms with Gasteiger partial charge in [0.15, 0.2) is 0 Å².